The average molecular weight is 498 g/mol. The Morgan fingerprint density at radius 2 is 1.76 bits per heavy atom. The first kappa shape index (κ1) is 24.9. The predicted octanol–water partition coefficient (Wildman–Crippen LogP) is 5.45. The Hall–Kier alpha value is -3.77. The number of likely N-dealkylation sites (tertiary alicyclic amines) is 1. The van der Waals surface area contributed by atoms with Crippen molar-refractivity contribution in [3.8, 4) is 0 Å². The van der Waals surface area contributed by atoms with E-state index in [1.165, 1.54) is 23.8 Å². The van der Waals surface area contributed by atoms with Crippen molar-refractivity contribution in [1.29, 1.82) is 0 Å². The van der Waals surface area contributed by atoms with Gasteiger partial charge in [-0.3, -0.25) is 14.5 Å². The first-order valence-corrected chi connectivity index (χ1v) is 12.9. The quantitative estimate of drug-likeness (QED) is 0.426. The lowest BCUT2D eigenvalue weighted by atomic mass is 10.0. The van der Waals surface area contributed by atoms with Crippen LogP contribution in [0.2, 0.25) is 0 Å². The minimum atomic E-state index is -0.333. The van der Waals surface area contributed by atoms with Crippen LogP contribution in [-0.2, 0) is 22.6 Å². The Labute approximate surface area is 217 Å². The van der Waals surface area contributed by atoms with Gasteiger partial charge in [0.05, 0.1) is 0 Å². The molecule has 37 heavy (non-hydrogen) atoms. The molecule has 6 heteroatoms. The highest BCUT2D eigenvalue weighted by Gasteiger charge is 2.30. The summed E-state index contributed by atoms with van der Waals surface area (Å²) in [4.78, 5) is 31.9. The summed E-state index contributed by atoms with van der Waals surface area (Å²) in [6, 6.07) is 22.7. The predicted molar refractivity (Wildman–Crippen MR) is 146 cm³/mol. The van der Waals surface area contributed by atoms with Gasteiger partial charge in [0, 0.05) is 56.6 Å². The number of halogens is 1. The first-order chi connectivity index (χ1) is 18.0. The van der Waals surface area contributed by atoms with Gasteiger partial charge in [0.2, 0.25) is 5.91 Å². The molecule has 0 radical (unpaired) electrons. The Bertz CT molecular complexity index is 1300. The van der Waals surface area contributed by atoms with Gasteiger partial charge < -0.3 is 9.80 Å². The van der Waals surface area contributed by atoms with E-state index in [0.717, 1.165) is 55.8 Å². The van der Waals surface area contributed by atoms with E-state index in [9.17, 15) is 14.0 Å². The molecule has 0 unspecified atom stereocenters. The molecule has 1 saturated heterocycles. The van der Waals surface area contributed by atoms with E-state index in [4.69, 9.17) is 0 Å². The zero-order valence-corrected chi connectivity index (χ0v) is 21.1. The molecule has 5 nitrogen and oxygen atoms in total. The molecule has 3 aromatic carbocycles. The minimum absolute atomic E-state index is 0.00833. The molecule has 0 N–H and O–H groups in total. The Morgan fingerprint density at radius 3 is 2.49 bits per heavy atom. The number of anilines is 2. The number of carbonyl (C=O) groups excluding carboxylic acids is 2. The van der Waals surface area contributed by atoms with Crippen LogP contribution >= 0.6 is 0 Å². The minimum Gasteiger partial charge on any atom is -0.312 e. The summed E-state index contributed by atoms with van der Waals surface area (Å²) in [6.07, 6.45) is 5.71. The lowest BCUT2D eigenvalue weighted by Crippen LogP contribution is -2.47. The highest BCUT2D eigenvalue weighted by Crippen LogP contribution is 2.34. The van der Waals surface area contributed by atoms with E-state index >= 15 is 0 Å². The molecule has 0 atom stereocenters. The summed E-state index contributed by atoms with van der Waals surface area (Å²) in [5.74, 6) is -0.465. The highest BCUT2D eigenvalue weighted by molar-refractivity contribution is 6.05. The largest absolute Gasteiger partial charge is 0.312 e. The molecule has 3 aromatic rings. The van der Waals surface area contributed by atoms with Crippen LogP contribution in [0.4, 0.5) is 15.8 Å². The number of benzene rings is 3. The maximum Gasteiger partial charge on any atom is 0.251 e. The molecule has 0 saturated carbocycles. The van der Waals surface area contributed by atoms with Crippen LogP contribution in [0.15, 0.2) is 78.9 Å². The van der Waals surface area contributed by atoms with Crippen molar-refractivity contribution < 1.29 is 14.0 Å². The second kappa shape index (κ2) is 11.1. The number of fused-ring (bicyclic) bond motifs is 1. The number of rotatable bonds is 6. The van der Waals surface area contributed by atoms with Crippen molar-refractivity contribution in [3.05, 3.63) is 101 Å². The summed E-state index contributed by atoms with van der Waals surface area (Å²) in [5, 5.41) is 0. The van der Waals surface area contributed by atoms with Gasteiger partial charge in [-0.05, 0) is 66.3 Å². The van der Waals surface area contributed by atoms with Crippen LogP contribution < -0.4 is 9.80 Å². The second-order valence-electron chi connectivity index (χ2n) is 9.82. The Kier molecular flexibility index (Phi) is 7.47. The van der Waals surface area contributed by atoms with Gasteiger partial charge in [-0.25, -0.2) is 4.39 Å². The van der Waals surface area contributed by atoms with Gasteiger partial charge >= 0.3 is 0 Å². The lowest BCUT2D eigenvalue weighted by Gasteiger charge is -2.38. The molecule has 0 aliphatic carbocycles. The summed E-state index contributed by atoms with van der Waals surface area (Å²) >= 11 is 0. The molecule has 1 fully saturated rings. The van der Waals surface area contributed by atoms with E-state index in [0.29, 0.717) is 12.1 Å². The molecule has 0 spiro atoms. The molecule has 190 valence electrons. The summed E-state index contributed by atoms with van der Waals surface area (Å²) in [5.41, 5.74) is 4.73. The van der Waals surface area contributed by atoms with Crippen LogP contribution in [-0.4, -0.2) is 42.4 Å². The van der Waals surface area contributed by atoms with Gasteiger partial charge in [0.1, 0.15) is 5.82 Å². The Morgan fingerprint density at radius 1 is 0.973 bits per heavy atom. The third-order valence-electron chi connectivity index (χ3n) is 7.30. The van der Waals surface area contributed by atoms with E-state index in [2.05, 4.69) is 29.2 Å². The van der Waals surface area contributed by atoms with Gasteiger partial charge in [-0.1, -0.05) is 48.5 Å². The molecule has 0 bridgehead atoms. The van der Waals surface area contributed by atoms with Crippen LogP contribution in [0, 0.1) is 5.82 Å². The zero-order valence-electron chi connectivity index (χ0n) is 21.1. The molecule has 2 amide bonds. The van der Waals surface area contributed by atoms with E-state index in [-0.39, 0.29) is 23.7 Å². The number of hydrogen-bond acceptors (Lipinski definition) is 3. The molecule has 2 heterocycles. The standard InChI is InChI=1S/C31H32FN3O2/c1-23(36)34-19-14-26-11-12-29(21-30(26)34)35(31(37)13-10-24-8-5-9-27(32)20-24)28-15-17-33(18-16-28)22-25-6-3-2-4-7-25/h2-13,20-21,28H,14-19,22H2,1H3/b13-10+. The van der Waals surface area contributed by atoms with Crippen molar-refractivity contribution in [1.82, 2.24) is 4.90 Å². The molecule has 2 aliphatic rings. The fourth-order valence-electron chi connectivity index (χ4n) is 5.40. The van der Waals surface area contributed by atoms with Crippen molar-refractivity contribution >= 4 is 29.3 Å². The highest BCUT2D eigenvalue weighted by atomic mass is 19.1. The van der Waals surface area contributed by atoms with Crippen molar-refractivity contribution in [2.45, 2.75) is 38.8 Å². The summed E-state index contributed by atoms with van der Waals surface area (Å²) < 4.78 is 13.7. The maximum absolute atomic E-state index is 13.7. The van der Waals surface area contributed by atoms with Crippen LogP contribution in [0.25, 0.3) is 6.08 Å². The molecule has 2 aliphatic heterocycles. The van der Waals surface area contributed by atoms with Crippen LogP contribution in [0.3, 0.4) is 0 Å². The van der Waals surface area contributed by atoms with Crippen LogP contribution in [0.1, 0.15) is 36.5 Å². The van der Waals surface area contributed by atoms with Crippen LogP contribution in [0.5, 0.6) is 0 Å². The average Bonchev–Trinajstić information content (AvgIpc) is 3.33. The number of amides is 2. The normalized spacial score (nSPS) is 16.2. The smallest absolute Gasteiger partial charge is 0.251 e. The summed E-state index contributed by atoms with van der Waals surface area (Å²) in [7, 11) is 0. The molecular formula is C31H32FN3O2. The maximum atomic E-state index is 13.7. The van der Waals surface area contributed by atoms with Crippen molar-refractivity contribution in [3.63, 3.8) is 0 Å². The second-order valence-corrected chi connectivity index (χ2v) is 9.82. The Balaban J connectivity index is 1.39. The van der Waals surface area contributed by atoms with Gasteiger partial charge in [0.15, 0.2) is 0 Å². The number of carbonyl (C=O) groups is 2. The third-order valence-corrected chi connectivity index (χ3v) is 7.30. The number of piperidine rings is 1. The fraction of sp³-hybridized carbons (Fsp3) is 0.290. The SMILES string of the molecule is CC(=O)N1CCc2ccc(N(C(=O)/C=C/c3cccc(F)c3)C3CCN(Cc4ccccc4)CC3)cc21. The first-order valence-electron chi connectivity index (χ1n) is 12.9. The zero-order chi connectivity index (χ0) is 25.8. The van der Waals surface area contributed by atoms with E-state index in [1.807, 2.05) is 29.2 Å². The monoisotopic (exact) mass is 497 g/mol. The topological polar surface area (TPSA) is 43.9 Å². The molecular weight excluding hydrogens is 465 g/mol. The number of nitrogens with zero attached hydrogens (tertiary/aromatic N) is 3. The van der Waals surface area contributed by atoms with Crippen molar-refractivity contribution in [2.24, 2.45) is 0 Å². The van der Waals surface area contributed by atoms with Gasteiger partial charge in [-0.15, -0.1) is 0 Å². The molecule has 5 rings (SSSR count). The molecule has 0 aromatic heterocycles. The van der Waals surface area contributed by atoms with E-state index < -0.39 is 0 Å². The van der Waals surface area contributed by atoms with Gasteiger partial charge in [-0.2, -0.15) is 0 Å². The lowest BCUT2D eigenvalue weighted by molar-refractivity contribution is -0.116. The summed E-state index contributed by atoms with van der Waals surface area (Å²) in [6.45, 7) is 4.92. The van der Waals surface area contributed by atoms with Crippen molar-refractivity contribution in [2.75, 3.05) is 29.4 Å². The van der Waals surface area contributed by atoms with Gasteiger partial charge in [0.25, 0.3) is 5.91 Å². The fourth-order valence-corrected chi connectivity index (χ4v) is 5.40. The number of hydrogen-bond donors (Lipinski definition) is 0. The third kappa shape index (κ3) is 5.81. The van der Waals surface area contributed by atoms with E-state index in [1.54, 1.807) is 30.0 Å².